The van der Waals surface area contributed by atoms with Crippen molar-refractivity contribution in [3.8, 4) is 0 Å². The fraction of sp³-hybridized carbons (Fsp3) is 0.825. The molecule has 2 fully saturated rings. The molecule has 0 aliphatic heterocycles. The van der Waals surface area contributed by atoms with E-state index in [0.717, 1.165) is 44.9 Å². The number of alkyl halides is 1. The van der Waals surface area contributed by atoms with E-state index in [1.807, 2.05) is 6.08 Å². The molecule has 45 heavy (non-hydrogen) atoms. The van der Waals surface area contributed by atoms with Crippen molar-refractivity contribution >= 4 is 17.6 Å². The van der Waals surface area contributed by atoms with E-state index in [-0.39, 0.29) is 34.7 Å². The molecule has 2 N–H and O–H groups in total. The first kappa shape index (κ1) is 40.1. The van der Waals surface area contributed by atoms with Crippen LogP contribution in [0.15, 0.2) is 36.5 Å². The summed E-state index contributed by atoms with van der Waals surface area (Å²) in [6.45, 7) is 4.83. The van der Waals surface area contributed by atoms with Crippen LogP contribution in [0.5, 0.6) is 0 Å². The molecule has 0 radical (unpaired) electrons. The van der Waals surface area contributed by atoms with Crippen LogP contribution < -0.4 is 0 Å². The van der Waals surface area contributed by atoms with Gasteiger partial charge in [-0.2, -0.15) is 0 Å². The molecule has 0 bridgehead atoms. The van der Waals surface area contributed by atoms with Crippen molar-refractivity contribution in [2.24, 2.45) is 17.3 Å². The van der Waals surface area contributed by atoms with E-state index < -0.39 is 6.10 Å². The van der Waals surface area contributed by atoms with Gasteiger partial charge in [0.15, 0.2) is 0 Å². The fourth-order valence-corrected chi connectivity index (χ4v) is 7.70. The van der Waals surface area contributed by atoms with Gasteiger partial charge in [-0.3, -0.25) is 4.79 Å². The van der Waals surface area contributed by atoms with Gasteiger partial charge in [-0.15, -0.1) is 11.6 Å². The molecule has 2 aliphatic rings. The summed E-state index contributed by atoms with van der Waals surface area (Å²) in [5, 5.41) is 21.3. The van der Waals surface area contributed by atoms with Crippen molar-refractivity contribution < 1.29 is 19.7 Å². The Morgan fingerprint density at radius 3 is 2.04 bits per heavy atom. The maximum absolute atomic E-state index is 12.1. The number of allylic oxidation sites excluding steroid dienone is 3. The van der Waals surface area contributed by atoms with Gasteiger partial charge in [0.2, 0.25) is 0 Å². The number of aliphatic hydroxyl groups is 2. The molecule has 0 saturated heterocycles. The van der Waals surface area contributed by atoms with E-state index in [4.69, 9.17) is 16.3 Å². The number of carbonyl (C=O) groups is 1. The first-order valence-corrected chi connectivity index (χ1v) is 19.5. The predicted octanol–water partition coefficient (Wildman–Crippen LogP) is 11.2. The average molecular weight is 649 g/mol. The highest BCUT2D eigenvalue weighted by atomic mass is 35.5. The van der Waals surface area contributed by atoms with Crippen molar-refractivity contribution in [2.75, 3.05) is 6.61 Å². The SMILES string of the molecule is CCCCCCCCCCCCCCC/C=C/COC(=O)CCC/C=C\C[C@@H]1[C@@H](/C=C/C[C@H](O)C2(CC)CCC2)[C@H](O)C[C@H]1Cl. The summed E-state index contributed by atoms with van der Waals surface area (Å²) >= 11 is 6.62. The molecule has 260 valence electrons. The Bertz CT molecular complexity index is 827. The summed E-state index contributed by atoms with van der Waals surface area (Å²) in [5.41, 5.74) is 0.102. The first-order valence-electron chi connectivity index (χ1n) is 19.1. The van der Waals surface area contributed by atoms with E-state index in [1.54, 1.807) is 0 Å². The summed E-state index contributed by atoms with van der Waals surface area (Å²) < 4.78 is 5.36. The molecule has 0 aromatic heterocycles. The number of rotatable bonds is 27. The third-order valence-electron chi connectivity index (χ3n) is 10.7. The van der Waals surface area contributed by atoms with Gasteiger partial charge < -0.3 is 14.9 Å². The minimum absolute atomic E-state index is 0.0240. The Labute approximate surface area is 282 Å². The highest BCUT2D eigenvalue weighted by Gasteiger charge is 2.42. The number of ether oxygens (including phenoxy) is 1. The van der Waals surface area contributed by atoms with E-state index in [2.05, 4.69) is 44.2 Å². The smallest absolute Gasteiger partial charge is 0.306 e. The van der Waals surface area contributed by atoms with E-state index in [9.17, 15) is 15.0 Å². The number of halogens is 1. The molecule has 0 unspecified atom stereocenters. The van der Waals surface area contributed by atoms with Crippen LogP contribution in [-0.4, -0.2) is 40.4 Å². The first-order chi connectivity index (χ1) is 21.9. The van der Waals surface area contributed by atoms with Gasteiger partial charge in [-0.25, -0.2) is 0 Å². The summed E-state index contributed by atoms with van der Waals surface area (Å²) in [4.78, 5) is 12.1. The molecule has 0 heterocycles. The largest absolute Gasteiger partial charge is 0.461 e. The molecule has 5 heteroatoms. The second-order valence-electron chi connectivity index (χ2n) is 14.1. The number of hydrogen-bond donors (Lipinski definition) is 2. The van der Waals surface area contributed by atoms with Crippen molar-refractivity contribution in [1.82, 2.24) is 0 Å². The second kappa shape index (κ2) is 25.0. The van der Waals surface area contributed by atoms with Gasteiger partial charge in [0.1, 0.15) is 6.61 Å². The Morgan fingerprint density at radius 2 is 1.44 bits per heavy atom. The van der Waals surface area contributed by atoms with Crippen LogP contribution in [0.1, 0.15) is 168 Å². The maximum Gasteiger partial charge on any atom is 0.306 e. The molecule has 0 aromatic carbocycles. The van der Waals surface area contributed by atoms with Crippen molar-refractivity contribution in [2.45, 2.75) is 186 Å². The predicted molar refractivity (Wildman–Crippen MR) is 192 cm³/mol. The van der Waals surface area contributed by atoms with Crippen LogP contribution in [0.4, 0.5) is 0 Å². The number of carbonyl (C=O) groups excluding carboxylic acids is 1. The minimum Gasteiger partial charge on any atom is -0.461 e. The van der Waals surface area contributed by atoms with Crippen LogP contribution in [0.25, 0.3) is 0 Å². The molecule has 0 aromatic rings. The maximum atomic E-state index is 12.1. The van der Waals surface area contributed by atoms with Crippen LogP contribution in [-0.2, 0) is 9.53 Å². The average Bonchev–Trinajstić information content (AvgIpc) is 3.27. The Kier molecular flexibility index (Phi) is 22.3. The third kappa shape index (κ3) is 16.5. The zero-order valence-electron chi connectivity index (χ0n) is 29.1. The number of unbranched alkanes of at least 4 members (excludes halogenated alkanes) is 14. The zero-order chi connectivity index (χ0) is 32.6. The lowest BCUT2D eigenvalue weighted by Crippen LogP contribution is -2.40. The van der Waals surface area contributed by atoms with E-state index in [1.165, 1.54) is 89.9 Å². The summed E-state index contributed by atoms with van der Waals surface area (Å²) in [6.07, 6.45) is 39.4. The van der Waals surface area contributed by atoms with Crippen LogP contribution in [0.2, 0.25) is 0 Å². The van der Waals surface area contributed by atoms with Crippen LogP contribution in [0, 0.1) is 17.3 Å². The van der Waals surface area contributed by atoms with E-state index >= 15 is 0 Å². The fourth-order valence-electron chi connectivity index (χ4n) is 7.25. The van der Waals surface area contributed by atoms with E-state index in [0.29, 0.717) is 25.9 Å². The van der Waals surface area contributed by atoms with Crippen molar-refractivity contribution in [1.29, 1.82) is 0 Å². The molecular weight excluding hydrogens is 580 g/mol. The number of hydrogen-bond acceptors (Lipinski definition) is 4. The monoisotopic (exact) mass is 648 g/mol. The quantitative estimate of drug-likeness (QED) is 0.0402. The molecule has 0 amide bonds. The minimum atomic E-state index is -0.429. The molecule has 4 nitrogen and oxygen atoms in total. The standard InChI is InChI=1S/C40H69ClO4/c1-3-5-6-7-8-9-10-11-12-13-14-15-16-17-20-23-32-45-39(44)29-22-19-18-21-26-34-35(37(42)33-36(34)41)27-24-28-38(43)40(4-2)30-25-31-40/h18,20-21,23-24,27,34-38,42-43H,3-17,19,22,25-26,28-33H2,1-2H3/b21-18-,23-20+,27-24+/t34-,35-,36-,37-,38+/m1/s1. The van der Waals surface area contributed by atoms with Crippen LogP contribution in [0.3, 0.4) is 0 Å². The second-order valence-corrected chi connectivity index (χ2v) is 14.7. The van der Waals surface area contributed by atoms with Gasteiger partial charge in [0.05, 0.1) is 12.2 Å². The Balaban J connectivity index is 1.45. The number of esters is 1. The summed E-state index contributed by atoms with van der Waals surface area (Å²) in [7, 11) is 0. The molecule has 2 rings (SSSR count). The highest BCUT2D eigenvalue weighted by molar-refractivity contribution is 6.21. The molecule has 2 aliphatic carbocycles. The third-order valence-corrected chi connectivity index (χ3v) is 11.2. The van der Waals surface area contributed by atoms with Crippen molar-refractivity contribution in [3.63, 3.8) is 0 Å². The normalized spacial score (nSPS) is 23.8. The van der Waals surface area contributed by atoms with Gasteiger partial charge in [-0.05, 0) is 75.5 Å². The molecule has 2 saturated carbocycles. The Hall–Kier alpha value is -1.10. The molecule has 0 spiro atoms. The lowest BCUT2D eigenvalue weighted by atomic mass is 9.63. The highest BCUT2D eigenvalue weighted by Crippen LogP contribution is 2.48. The Morgan fingerprint density at radius 1 is 0.844 bits per heavy atom. The van der Waals surface area contributed by atoms with Gasteiger partial charge in [0.25, 0.3) is 0 Å². The van der Waals surface area contributed by atoms with Gasteiger partial charge in [0, 0.05) is 17.7 Å². The van der Waals surface area contributed by atoms with Gasteiger partial charge >= 0.3 is 5.97 Å². The lowest BCUT2D eigenvalue weighted by Gasteiger charge is -2.45. The summed E-state index contributed by atoms with van der Waals surface area (Å²) in [6, 6.07) is 0. The number of aliphatic hydroxyl groups excluding tert-OH is 2. The summed E-state index contributed by atoms with van der Waals surface area (Å²) in [5.74, 6) is 0.0791. The van der Waals surface area contributed by atoms with Crippen molar-refractivity contribution in [3.05, 3.63) is 36.5 Å². The topological polar surface area (TPSA) is 66.8 Å². The molecule has 5 atom stereocenters. The van der Waals surface area contributed by atoms with Crippen LogP contribution >= 0.6 is 11.6 Å². The molecular formula is C40H69ClO4. The lowest BCUT2D eigenvalue weighted by molar-refractivity contribution is -0.142. The zero-order valence-corrected chi connectivity index (χ0v) is 29.9. The van der Waals surface area contributed by atoms with Gasteiger partial charge in [-0.1, -0.05) is 134 Å².